The SMILES string of the molecule is CCC(O)CC.CCOC(=O)C1=CCC(NC(C)=O)CC1.NC(N)=NO. The lowest BCUT2D eigenvalue weighted by Gasteiger charge is -2.21. The van der Waals surface area contributed by atoms with Crippen LogP contribution in [0.1, 0.15) is 59.8 Å². The molecule has 0 fully saturated rings. The van der Waals surface area contributed by atoms with Gasteiger partial charge in [-0.3, -0.25) is 4.79 Å². The molecular formula is C17H34N4O5. The molecule has 0 aromatic heterocycles. The van der Waals surface area contributed by atoms with E-state index in [0.717, 1.165) is 24.8 Å². The Hall–Kier alpha value is -2.29. The summed E-state index contributed by atoms with van der Waals surface area (Å²) in [6, 6.07) is 0.167. The smallest absolute Gasteiger partial charge is 0.333 e. The number of oxime groups is 1. The number of nitrogens with one attached hydrogen (secondary N) is 1. The first-order valence-electron chi connectivity index (χ1n) is 8.75. The zero-order valence-electron chi connectivity index (χ0n) is 16.2. The van der Waals surface area contributed by atoms with Gasteiger partial charge >= 0.3 is 5.97 Å². The van der Waals surface area contributed by atoms with Crippen LogP contribution in [-0.4, -0.2) is 46.9 Å². The van der Waals surface area contributed by atoms with Gasteiger partial charge in [-0.25, -0.2) is 4.79 Å². The summed E-state index contributed by atoms with van der Waals surface area (Å²) in [5.74, 6) is -0.559. The number of hydrogen-bond acceptors (Lipinski definition) is 6. The molecule has 0 aliphatic heterocycles. The third kappa shape index (κ3) is 15.3. The normalized spacial score (nSPS) is 15.3. The van der Waals surface area contributed by atoms with Crippen molar-refractivity contribution in [1.82, 2.24) is 5.32 Å². The fraction of sp³-hybridized carbons (Fsp3) is 0.706. The number of nitrogens with two attached hydrogens (primary N) is 2. The van der Waals surface area contributed by atoms with Gasteiger partial charge in [-0.1, -0.05) is 25.1 Å². The second-order valence-corrected chi connectivity index (χ2v) is 5.62. The molecule has 7 N–H and O–H groups in total. The highest BCUT2D eigenvalue weighted by Gasteiger charge is 2.19. The van der Waals surface area contributed by atoms with Crippen molar-refractivity contribution in [2.45, 2.75) is 71.9 Å². The summed E-state index contributed by atoms with van der Waals surface area (Å²) >= 11 is 0. The number of nitrogens with zero attached hydrogens (tertiary/aromatic N) is 1. The predicted molar refractivity (Wildman–Crippen MR) is 100 cm³/mol. The molecule has 1 aliphatic carbocycles. The quantitative estimate of drug-likeness (QED) is 0.158. The van der Waals surface area contributed by atoms with E-state index in [-0.39, 0.29) is 30.0 Å². The van der Waals surface area contributed by atoms with Crippen molar-refractivity contribution in [3.8, 4) is 0 Å². The fourth-order valence-corrected chi connectivity index (χ4v) is 1.95. The van der Waals surface area contributed by atoms with Gasteiger partial charge in [0.2, 0.25) is 11.9 Å². The van der Waals surface area contributed by atoms with Gasteiger partial charge in [-0.15, -0.1) is 0 Å². The molecule has 0 radical (unpaired) electrons. The van der Waals surface area contributed by atoms with Crippen molar-refractivity contribution in [3.63, 3.8) is 0 Å². The van der Waals surface area contributed by atoms with Gasteiger partial charge < -0.3 is 31.8 Å². The first-order chi connectivity index (χ1) is 12.2. The molecule has 0 aromatic rings. The van der Waals surface area contributed by atoms with Crippen LogP contribution in [0.25, 0.3) is 0 Å². The molecule has 1 aliphatic rings. The molecule has 0 heterocycles. The van der Waals surface area contributed by atoms with E-state index in [4.69, 9.17) is 15.1 Å². The molecular weight excluding hydrogens is 340 g/mol. The summed E-state index contributed by atoms with van der Waals surface area (Å²) in [7, 11) is 0. The Bertz CT molecular complexity index is 458. The maximum Gasteiger partial charge on any atom is 0.333 e. The highest BCUT2D eigenvalue weighted by molar-refractivity contribution is 5.88. The Morgan fingerprint density at radius 1 is 1.35 bits per heavy atom. The first kappa shape index (κ1) is 25.9. The topological polar surface area (TPSA) is 160 Å². The van der Waals surface area contributed by atoms with Gasteiger partial charge in [0.05, 0.1) is 12.7 Å². The van der Waals surface area contributed by atoms with E-state index in [1.165, 1.54) is 6.92 Å². The number of aliphatic hydroxyl groups excluding tert-OH is 1. The Labute approximate surface area is 155 Å². The second kappa shape index (κ2) is 16.2. The summed E-state index contributed by atoms with van der Waals surface area (Å²) < 4.78 is 4.90. The highest BCUT2D eigenvalue weighted by Crippen LogP contribution is 2.19. The average Bonchev–Trinajstić information content (AvgIpc) is 2.62. The van der Waals surface area contributed by atoms with Gasteiger partial charge in [0, 0.05) is 18.5 Å². The number of rotatable bonds is 5. The summed E-state index contributed by atoms with van der Waals surface area (Å²) in [5, 5.41) is 21.3. The zero-order valence-corrected chi connectivity index (χ0v) is 16.2. The lowest BCUT2D eigenvalue weighted by Crippen LogP contribution is -2.34. The van der Waals surface area contributed by atoms with Crippen LogP contribution in [0.2, 0.25) is 0 Å². The minimum absolute atomic E-state index is 0.0204. The molecule has 0 spiro atoms. The fourth-order valence-electron chi connectivity index (χ4n) is 1.95. The lowest BCUT2D eigenvalue weighted by molar-refractivity contribution is -0.138. The van der Waals surface area contributed by atoms with Crippen LogP contribution in [0.3, 0.4) is 0 Å². The van der Waals surface area contributed by atoms with Crippen molar-refractivity contribution >= 4 is 17.8 Å². The number of hydrogen-bond donors (Lipinski definition) is 5. The minimum atomic E-state index is -0.315. The standard InChI is InChI=1S/C11H17NO3.C5H12O.CH5N3O/c1-3-15-11(14)9-4-6-10(7-5-9)12-8(2)13;1-3-5(6)4-2;2-1(3)4-5/h4,10H,3,5-7H2,1-2H3,(H,12,13);5-6H,3-4H2,1-2H3;5H,(H4,2,3,4). The largest absolute Gasteiger partial charge is 0.463 e. The van der Waals surface area contributed by atoms with Crippen molar-refractivity contribution in [3.05, 3.63) is 11.6 Å². The summed E-state index contributed by atoms with van der Waals surface area (Å²) in [6.07, 6.45) is 5.78. The number of esters is 1. The molecule has 1 unspecified atom stereocenters. The molecule has 9 nitrogen and oxygen atoms in total. The molecule has 152 valence electrons. The van der Waals surface area contributed by atoms with E-state index in [1.54, 1.807) is 6.92 Å². The van der Waals surface area contributed by atoms with Gasteiger partial charge in [-0.2, -0.15) is 0 Å². The van der Waals surface area contributed by atoms with E-state index in [0.29, 0.717) is 19.4 Å². The second-order valence-electron chi connectivity index (χ2n) is 5.62. The zero-order chi connectivity index (χ0) is 20.5. The van der Waals surface area contributed by atoms with Crippen LogP contribution in [0.5, 0.6) is 0 Å². The number of aliphatic hydroxyl groups is 1. The monoisotopic (exact) mass is 374 g/mol. The van der Waals surface area contributed by atoms with Crippen LogP contribution < -0.4 is 16.8 Å². The molecule has 9 heteroatoms. The number of guanidine groups is 1. The molecule has 0 bridgehead atoms. The summed E-state index contributed by atoms with van der Waals surface area (Å²) in [6.45, 7) is 7.67. The van der Waals surface area contributed by atoms with E-state index in [2.05, 4.69) is 21.9 Å². The Balaban J connectivity index is 0. The maximum atomic E-state index is 11.3. The van der Waals surface area contributed by atoms with Crippen LogP contribution in [0.4, 0.5) is 0 Å². The summed E-state index contributed by atoms with van der Waals surface area (Å²) in [5.41, 5.74) is 9.87. The number of ether oxygens (including phenoxy) is 1. The predicted octanol–water partition coefficient (Wildman–Crippen LogP) is 0.981. The minimum Gasteiger partial charge on any atom is -0.463 e. The van der Waals surface area contributed by atoms with E-state index in [9.17, 15) is 9.59 Å². The molecule has 1 rings (SSSR count). The van der Waals surface area contributed by atoms with Crippen LogP contribution in [-0.2, 0) is 14.3 Å². The van der Waals surface area contributed by atoms with Gasteiger partial charge in [0.15, 0.2) is 0 Å². The Morgan fingerprint density at radius 2 is 1.88 bits per heavy atom. The molecule has 0 saturated heterocycles. The molecule has 26 heavy (non-hydrogen) atoms. The lowest BCUT2D eigenvalue weighted by atomic mass is 9.95. The first-order valence-corrected chi connectivity index (χ1v) is 8.75. The van der Waals surface area contributed by atoms with Crippen molar-refractivity contribution < 1.29 is 24.6 Å². The molecule has 1 amide bonds. The van der Waals surface area contributed by atoms with E-state index >= 15 is 0 Å². The van der Waals surface area contributed by atoms with Gasteiger partial charge in [0.25, 0.3) is 0 Å². The van der Waals surface area contributed by atoms with Crippen molar-refractivity contribution in [2.75, 3.05) is 6.61 Å². The van der Waals surface area contributed by atoms with E-state index < -0.39 is 0 Å². The van der Waals surface area contributed by atoms with Gasteiger partial charge in [0.1, 0.15) is 0 Å². The van der Waals surface area contributed by atoms with E-state index in [1.807, 2.05) is 19.9 Å². The van der Waals surface area contributed by atoms with Crippen molar-refractivity contribution in [2.24, 2.45) is 16.6 Å². The summed E-state index contributed by atoms with van der Waals surface area (Å²) in [4.78, 5) is 22.2. The highest BCUT2D eigenvalue weighted by atomic mass is 16.5. The number of carbonyl (C=O) groups excluding carboxylic acids is 2. The molecule has 1 atom stereocenters. The Kier molecular flexibility index (Phi) is 16.2. The van der Waals surface area contributed by atoms with Crippen LogP contribution in [0.15, 0.2) is 16.8 Å². The average molecular weight is 374 g/mol. The number of carbonyl (C=O) groups is 2. The Morgan fingerprint density at radius 3 is 2.15 bits per heavy atom. The van der Waals surface area contributed by atoms with Crippen molar-refractivity contribution in [1.29, 1.82) is 0 Å². The molecule has 0 saturated carbocycles. The molecule has 0 aromatic carbocycles. The maximum absolute atomic E-state index is 11.3. The van der Waals surface area contributed by atoms with Gasteiger partial charge in [-0.05, 0) is 39.0 Å². The van der Waals surface area contributed by atoms with Crippen LogP contribution in [0, 0.1) is 0 Å². The number of amides is 1. The van der Waals surface area contributed by atoms with Crippen LogP contribution >= 0.6 is 0 Å². The third-order valence-corrected chi connectivity index (χ3v) is 3.41. The third-order valence-electron chi connectivity index (χ3n) is 3.41.